The molecule has 0 unspecified atom stereocenters. The minimum absolute atomic E-state index is 0.0165. The van der Waals surface area contributed by atoms with E-state index in [9.17, 15) is 12.8 Å². The lowest BCUT2D eigenvalue weighted by Crippen LogP contribution is -2.43. The van der Waals surface area contributed by atoms with E-state index in [1.54, 1.807) is 6.07 Å². The number of para-hydroxylation sites is 1. The van der Waals surface area contributed by atoms with Crippen LogP contribution in [0.2, 0.25) is 0 Å². The van der Waals surface area contributed by atoms with Gasteiger partial charge in [0.25, 0.3) is 0 Å². The van der Waals surface area contributed by atoms with Crippen LogP contribution in [0.1, 0.15) is 19.3 Å². The molecule has 0 atom stereocenters. The Labute approximate surface area is 112 Å². The zero-order chi connectivity index (χ0) is 13.9. The zero-order valence-corrected chi connectivity index (χ0v) is 11.4. The van der Waals surface area contributed by atoms with Gasteiger partial charge >= 0.3 is 10.2 Å². The predicted molar refractivity (Wildman–Crippen MR) is 72.5 cm³/mol. The van der Waals surface area contributed by atoms with E-state index < -0.39 is 16.0 Å². The number of halogens is 1. The third-order valence-corrected chi connectivity index (χ3v) is 4.46. The maximum Gasteiger partial charge on any atom is 0.301 e. The molecule has 2 rings (SSSR count). The molecule has 1 aliphatic rings. The summed E-state index contributed by atoms with van der Waals surface area (Å²) in [5, 5.41) is 0. The van der Waals surface area contributed by atoms with Gasteiger partial charge in [-0.05, 0) is 37.9 Å². The van der Waals surface area contributed by atoms with Gasteiger partial charge in [-0.2, -0.15) is 13.1 Å². The summed E-state index contributed by atoms with van der Waals surface area (Å²) in [4.78, 5) is 0. The van der Waals surface area contributed by atoms with Crippen molar-refractivity contribution < 1.29 is 12.8 Å². The molecule has 0 aromatic heterocycles. The molecular formula is C12H18FN3O2S. The van der Waals surface area contributed by atoms with Gasteiger partial charge in [-0.1, -0.05) is 12.1 Å². The van der Waals surface area contributed by atoms with E-state index in [0.717, 1.165) is 17.1 Å². The van der Waals surface area contributed by atoms with Crippen molar-refractivity contribution in [1.82, 2.24) is 4.72 Å². The number of anilines is 1. The molecule has 1 fully saturated rings. The van der Waals surface area contributed by atoms with E-state index in [0.29, 0.717) is 13.0 Å². The standard InChI is InChI=1S/C12H18FN3O2S/c13-11-4-1-2-5-12(11)16(9-3-8-14)19(17,18)15-10-6-7-10/h1-2,4-5,10,15H,3,6-9,14H2. The monoisotopic (exact) mass is 287 g/mol. The van der Waals surface area contributed by atoms with Crippen molar-refractivity contribution >= 4 is 15.9 Å². The predicted octanol–water partition coefficient (Wildman–Crippen LogP) is 0.978. The molecule has 1 aromatic rings. The maximum atomic E-state index is 13.8. The fourth-order valence-corrected chi connectivity index (χ4v) is 3.30. The molecular weight excluding hydrogens is 269 g/mol. The highest BCUT2D eigenvalue weighted by Gasteiger charge is 2.31. The number of nitrogens with one attached hydrogen (secondary N) is 1. The SMILES string of the molecule is NCCCN(c1ccccc1F)S(=O)(=O)NC1CC1. The van der Waals surface area contributed by atoms with Gasteiger partial charge in [0.2, 0.25) is 0 Å². The van der Waals surface area contributed by atoms with Crippen LogP contribution in [0.5, 0.6) is 0 Å². The topological polar surface area (TPSA) is 75.4 Å². The number of nitrogens with two attached hydrogens (primary N) is 1. The molecule has 0 amide bonds. The minimum Gasteiger partial charge on any atom is -0.330 e. The first-order chi connectivity index (χ1) is 9.04. The largest absolute Gasteiger partial charge is 0.330 e. The molecule has 1 aliphatic carbocycles. The second kappa shape index (κ2) is 5.85. The van der Waals surface area contributed by atoms with Gasteiger partial charge in [0.1, 0.15) is 5.82 Å². The summed E-state index contributed by atoms with van der Waals surface area (Å²) in [5.74, 6) is -0.555. The molecule has 7 heteroatoms. The Hall–Kier alpha value is -1.18. The Morgan fingerprint density at radius 3 is 2.63 bits per heavy atom. The van der Waals surface area contributed by atoms with E-state index in [1.165, 1.54) is 18.2 Å². The second-order valence-corrected chi connectivity index (χ2v) is 6.19. The van der Waals surface area contributed by atoms with Gasteiger partial charge in [-0.15, -0.1) is 0 Å². The van der Waals surface area contributed by atoms with Crippen molar-refractivity contribution in [2.45, 2.75) is 25.3 Å². The van der Waals surface area contributed by atoms with Crippen LogP contribution < -0.4 is 14.8 Å². The van der Waals surface area contributed by atoms with Crippen LogP contribution in [0.15, 0.2) is 24.3 Å². The van der Waals surface area contributed by atoms with Crippen molar-refractivity contribution in [3.05, 3.63) is 30.1 Å². The fourth-order valence-electron chi connectivity index (χ4n) is 1.73. The lowest BCUT2D eigenvalue weighted by Gasteiger charge is -2.24. The molecule has 0 bridgehead atoms. The maximum absolute atomic E-state index is 13.8. The van der Waals surface area contributed by atoms with Crippen molar-refractivity contribution in [3.8, 4) is 0 Å². The normalized spacial score (nSPS) is 15.5. The molecule has 1 saturated carbocycles. The van der Waals surface area contributed by atoms with Crippen LogP contribution in [-0.2, 0) is 10.2 Å². The summed E-state index contributed by atoms with van der Waals surface area (Å²) >= 11 is 0. The van der Waals surface area contributed by atoms with E-state index in [1.807, 2.05) is 0 Å². The first-order valence-electron chi connectivity index (χ1n) is 6.29. The number of rotatable bonds is 7. The highest BCUT2D eigenvalue weighted by molar-refractivity contribution is 7.90. The minimum atomic E-state index is -3.72. The van der Waals surface area contributed by atoms with Crippen LogP contribution in [0.3, 0.4) is 0 Å². The van der Waals surface area contributed by atoms with Crippen LogP contribution in [0.25, 0.3) is 0 Å². The van der Waals surface area contributed by atoms with E-state index >= 15 is 0 Å². The highest BCUT2D eigenvalue weighted by atomic mass is 32.2. The van der Waals surface area contributed by atoms with E-state index in [2.05, 4.69) is 4.72 Å². The Kier molecular flexibility index (Phi) is 4.38. The number of nitrogens with zero attached hydrogens (tertiary/aromatic N) is 1. The Balaban J connectivity index is 2.26. The fraction of sp³-hybridized carbons (Fsp3) is 0.500. The van der Waals surface area contributed by atoms with Gasteiger partial charge in [-0.25, -0.2) is 4.39 Å². The Bertz CT molecular complexity index is 532. The molecule has 106 valence electrons. The van der Waals surface area contributed by atoms with Crippen LogP contribution in [0.4, 0.5) is 10.1 Å². The van der Waals surface area contributed by atoms with Crippen molar-refractivity contribution in [3.63, 3.8) is 0 Å². The van der Waals surface area contributed by atoms with Gasteiger partial charge in [0.15, 0.2) is 0 Å². The van der Waals surface area contributed by atoms with Gasteiger partial charge in [-0.3, -0.25) is 4.31 Å². The first kappa shape index (κ1) is 14.2. The zero-order valence-electron chi connectivity index (χ0n) is 10.5. The van der Waals surface area contributed by atoms with Crippen molar-refractivity contribution in [1.29, 1.82) is 0 Å². The Morgan fingerprint density at radius 1 is 1.37 bits per heavy atom. The van der Waals surface area contributed by atoms with Crippen LogP contribution in [-0.4, -0.2) is 27.5 Å². The average Bonchev–Trinajstić information content (AvgIpc) is 3.14. The summed E-state index contributed by atoms with van der Waals surface area (Å²) in [7, 11) is -3.72. The third-order valence-electron chi connectivity index (χ3n) is 2.87. The highest BCUT2D eigenvalue weighted by Crippen LogP contribution is 2.25. The molecule has 0 heterocycles. The Morgan fingerprint density at radius 2 is 2.05 bits per heavy atom. The molecule has 3 N–H and O–H groups in total. The first-order valence-corrected chi connectivity index (χ1v) is 7.73. The molecule has 0 spiro atoms. The third kappa shape index (κ3) is 3.65. The van der Waals surface area contributed by atoms with Gasteiger partial charge < -0.3 is 5.73 Å². The molecule has 0 radical (unpaired) electrons. The summed E-state index contributed by atoms with van der Waals surface area (Å²) in [6.45, 7) is 0.517. The number of hydrogen-bond donors (Lipinski definition) is 2. The van der Waals surface area contributed by atoms with Gasteiger partial charge in [0, 0.05) is 12.6 Å². The summed E-state index contributed by atoms with van der Waals surface area (Å²) in [6, 6.07) is 5.83. The summed E-state index contributed by atoms with van der Waals surface area (Å²) in [5.41, 5.74) is 5.47. The quantitative estimate of drug-likeness (QED) is 0.785. The number of hydrogen-bond acceptors (Lipinski definition) is 3. The van der Waals surface area contributed by atoms with E-state index in [-0.39, 0.29) is 18.3 Å². The van der Waals surface area contributed by atoms with Gasteiger partial charge in [0.05, 0.1) is 5.69 Å². The lowest BCUT2D eigenvalue weighted by molar-refractivity contribution is 0.569. The summed E-state index contributed by atoms with van der Waals surface area (Å²) in [6.07, 6.45) is 2.14. The van der Waals surface area contributed by atoms with Crippen molar-refractivity contribution in [2.24, 2.45) is 5.73 Å². The van der Waals surface area contributed by atoms with Crippen LogP contribution in [0, 0.1) is 5.82 Å². The molecule has 5 nitrogen and oxygen atoms in total. The molecule has 0 saturated heterocycles. The molecule has 19 heavy (non-hydrogen) atoms. The molecule has 1 aromatic carbocycles. The summed E-state index contributed by atoms with van der Waals surface area (Å²) < 4.78 is 41.9. The number of benzene rings is 1. The van der Waals surface area contributed by atoms with Crippen LogP contribution >= 0.6 is 0 Å². The van der Waals surface area contributed by atoms with E-state index in [4.69, 9.17) is 5.73 Å². The second-order valence-electron chi connectivity index (χ2n) is 4.56. The average molecular weight is 287 g/mol. The smallest absolute Gasteiger partial charge is 0.301 e. The molecule has 0 aliphatic heterocycles. The lowest BCUT2D eigenvalue weighted by atomic mass is 10.3. The van der Waals surface area contributed by atoms with Crippen molar-refractivity contribution in [2.75, 3.05) is 17.4 Å².